The molecule has 0 aliphatic rings. The van der Waals surface area contributed by atoms with Crippen molar-refractivity contribution in [2.75, 3.05) is 4.72 Å². The van der Waals surface area contributed by atoms with Gasteiger partial charge < -0.3 is 5.73 Å². The number of aromatic amines is 1. The predicted molar refractivity (Wildman–Crippen MR) is 63.7 cm³/mol. The fourth-order valence-electron chi connectivity index (χ4n) is 1.39. The van der Waals surface area contributed by atoms with Gasteiger partial charge in [-0.05, 0) is 12.1 Å². The van der Waals surface area contributed by atoms with Crippen molar-refractivity contribution < 1.29 is 8.42 Å². The van der Waals surface area contributed by atoms with E-state index in [2.05, 4.69) is 14.9 Å². The van der Waals surface area contributed by atoms with Gasteiger partial charge in [0.1, 0.15) is 0 Å². The van der Waals surface area contributed by atoms with Crippen LogP contribution in [0.5, 0.6) is 0 Å². The molecule has 6 nitrogen and oxygen atoms in total. The number of nitrogens with two attached hydrogens (primary N) is 1. The van der Waals surface area contributed by atoms with Gasteiger partial charge in [0.15, 0.2) is 5.03 Å². The van der Waals surface area contributed by atoms with Crippen LogP contribution in [0, 0.1) is 0 Å². The number of rotatable bonds is 4. The number of anilines is 1. The molecule has 0 atom stereocenters. The van der Waals surface area contributed by atoms with Gasteiger partial charge in [-0.2, -0.15) is 13.5 Å². The van der Waals surface area contributed by atoms with Crippen molar-refractivity contribution in [1.82, 2.24) is 10.2 Å². The molecule has 1 heterocycles. The minimum absolute atomic E-state index is 0.00357. The van der Waals surface area contributed by atoms with Crippen LogP contribution in [-0.4, -0.2) is 18.6 Å². The summed E-state index contributed by atoms with van der Waals surface area (Å²) in [6.45, 7) is 0.113. The molecule has 7 heteroatoms. The van der Waals surface area contributed by atoms with E-state index in [1.165, 1.54) is 6.20 Å². The highest BCUT2D eigenvalue weighted by Crippen LogP contribution is 2.16. The summed E-state index contributed by atoms with van der Waals surface area (Å²) in [5.41, 5.74) is 6.38. The highest BCUT2D eigenvalue weighted by molar-refractivity contribution is 7.92. The third-order valence-corrected chi connectivity index (χ3v) is 3.59. The second-order valence-electron chi connectivity index (χ2n) is 3.40. The van der Waals surface area contributed by atoms with Crippen LogP contribution < -0.4 is 10.5 Å². The summed E-state index contributed by atoms with van der Waals surface area (Å²) in [5.74, 6) is 0. The SMILES string of the molecule is NCc1cn[nH]c1S(=O)(=O)Nc1ccccc1. The molecular weight excluding hydrogens is 240 g/mol. The van der Waals surface area contributed by atoms with E-state index < -0.39 is 10.0 Å². The number of hydrogen-bond donors (Lipinski definition) is 3. The largest absolute Gasteiger partial charge is 0.326 e. The van der Waals surface area contributed by atoms with Crippen molar-refractivity contribution in [2.45, 2.75) is 11.6 Å². The summed E-state index contributed by atoms with van der Waals surface area (Å²) in [6.07, 6.45) is 1.40. The molecule has 17 heavy (non-hydrogen) atoms. The Hall–Kier alpha value is -1.86. The lowest BCUT2D eigenvalue weighted by atomic mass is 10.3. The van der Waals surface area contributed by atoms with Gasteiger partial charge in [-0.25, -0.2) is 0 Å². The summed E-state index contributed by atoms with van der Waals surface area (Å²) < 4.78 is 26.4. The maximum atomic E-state index is 12.0. The second kappa shape index (κ2) is 4.56. The molecule has 0 aliphatic heterocycles. The molecule has 1 aromatic carbocycles. The number of para-hydroxylation sites is 1. The number of nitrogens with zero attached hydrogens (tertiary/aromatic N) is 1. The standard InChI is InChI=1S/C10H12N4O2S/c11-6-8-7-12-13-10(8)17(15,16)14-9-4-2-1-3-5-9/h1-5,7,14H,6,11H2,(H,12,13). The zero-order valence-corrected chi connectivity index (χ0v) is 9.74. The molecule has 4 N–H and O–H groups in total. The van der Waals surface area contributed by atoms with E-state index in [4.69, 9.17) is 5.73 Å². The Balaban J connectivity index is 2.32. The number of hydrogen-bond acceptors (Lipinski definition) is 4. The van der Waals surface area contributed by atoms with Gasteiger partial charge >= 0.3 is 0 Å². The second-order valence-corrected chi connectivity index (χ2v) is 5.02. The Kier molecular flexibility index (Phi) is 3.12. The van der Waals surface area contributed by atoms with Crippen molar-refractivity contribution in [3.05, 3.63) is 42.1 Å². The summed E-state index contributed by atoms with van der Waals surface area (Å²) in [5, 5.41) is 6.12. The van der Waals surface area contributed by atoms with Gasteiger partial charge in [-0.15, -0.1) is 0 Å². The lowest BCUT2D eigenvalue weighted by molar-refractivity contribution is 0.596. The van der Waals surface area contributed by atoms with Gasteiger partial charge in [0, 0.05) is 17.8 Å². The number of benzene rings is 1. The highest BCUT2D eigenvalue weighted by atomic mass is 32.2. The number of aromatic nitrogens is 2. The first kappa shape index (κ1) is 11.6. The Morgan fingerprint density at radius 1 is 1.29 bits per heavy atom. The van der Waals surface area contributed by atoms with Crippen LogP contribution in [0.1, 0.15) is 5.56 Å². The zero-order chi connectivity index (χ0) is 12.3. The van der Waals surface area contributed by atoms with Crippen LogP contribution >= 0.6 is 0 Å². The van der Waals surface area contributed by atoms with Crippen LogP contribution in [0.25, 0.3) is 0 Å². The molecule has 2 aromatic rings. The first-order chi connectivity index (χ1) is 8.13. The first-order valence-electron chi connectivity index (χ1n) is 4.93. The predicted octanol–water partition coefficient (Wildman–Crippen LogP) is 0.669. The van der Waals surface area contributed by atoms with Crippen molar-refractivity contribution in [2.24, 2.45) is 5.73 Å². The number of sulfonamides is 1. The molecule has 0 radical (unpaired) electrons. The monoisotopic (exact) mass is 252 g/mol. The van der Waals surface area contributed by atoms with E-state index in [1.807, 2.05) is 0 Å². The highest BCUT2D eigenvalue weighted by Gasteiger charge is 2.19. The van der Waals surface area contributed by atoms with Crippen molar-refractivity contribution >= 4 is 15.7 Å². The molecule has 0 unspecified atom stereocenters. The minimum atomic E-state index is -3.66. The Bertz CT molecular complexity index is 592. The molecule has 0 amide bonds. The van der Waals surface area contributed by atoms with Crippen LogP contribution in [-0.2, 0) is 16.6 Å². The quantitative estimate of drug-likeness (QED) is 0.744. The molecule has 1 aromatic heterocycles. The molecular formula is C10H12N4O2S. The Morgan fingerprint density at radius 3 is 2.65 bits per heavy atom. The smallest absolute Gasteiger partial charge is 0.279 e. The van der Waals surface area contributed by atoms with Crippen LogP contribution in [0.3, 0.4) is 0 Å². The fourth-order valence-corrected chi connectivity index (χ4v) is 2.59. The average molecular weight is 252 g/mol. The van der Waals surface area contributed by atoms with E-state index >= 15 is 0 Å². The normalized spacial score (nSPS) is 11.4. The molecule has 0 fully saturated rings. The number of H-pyrrole nitrogens is 1. The Labute approximate surface area is 98.9 Å². The van der Waals surface area contributed by atoms with Crippen LogP contribution in [0.2, 0.25) is 0 Å². The average Bonchev–Trinajstić information content (AvgIpc) is 2.78. The molecule has 0 saturated carbocycles. The topological polar surface area (TPSA) is 101 Å². The van der Waals surface area contributed by atoms with Gasteiger partial charge in [0.2, 0.25) is 0 Å². The minimum Gasteiger partial charge on any atom is -0.326 e. The molecule has 0 bridgehead atoms. The van der Waals surface area contributed by atoms with Crippen LogP contribution in [0.4, 0.5) is 5.69 Å². The van der Waals surface area contributed by atoms with Crippen molar-refractivity contribution in [3.8, 4) is 0 Å². The van der Waals surface area contributed by atoms with Crippen LogP contribution in [0.15, 0.2) is 41.6 Å². The summed E-state index contributed by atoms with van der Waals surface area (Å²) in [6, 6.07) is 8.62. The van der Waals surface area contributed by atoms with E-state index in [0.29, 0.717) is 11.3 Å². The summed E-state index contributed by atoms with van der Waals surface area (Å²) in [7, 11) is -3.66. The third kappa shape index (κ3) is 2.45. The van der Waals surface area contributed by atoms with E-state index in [1.54, 1.807) is 30.3 Å². The Morgan fingerprint density at radius 2 is 2.00 bits per heavy atom. The lowest BCUT2D eigenvalue weighted by Crippen LogP contribution is -2.16. The van der Waals surface area contributed by atoms with Crippen molar-refractivity contribution in [3.63, 3.8) is 0 Å². The van der Waals surface area contributed by atoms with Gasteiger partial charge in [0.05, 0.1) is 6.20 Å². The molecule has 0 saturated heterocycles. The molecule has 2 rings (SSSR count). The van der Waals surface area contributed by atoms with Crippen molar-refractivity contribution in [1.29, 1.82) is 0 Å². The summed E-state index contributed by atoms with van der Waals surface area (Å²) in [4.78, 5) is 0. The molecule has 0 spiro atoms. The zero-order valence-electron chi connectivity index (χ0n) is 8.92. The lowest BCUT2D eigenvalue weighted by Gasteiger charge is -2.07. The van der Waals surface area contributed by atoms with E-state index in [0.717, 1.165) is 0 Å². The van der Waals surface area contributed by atoms with E-state index in [9.17, 15) is 8.42 Å². The fraction of sp³-hybridized carbons (Fsp3) is 0.100. The summed E-state index contributed by atoms with van der Waals surface area (Å²) >= 11 is 0. The third-order valence-electron chi connectivity index (χ3n) is 2.19. The van der Waals surface area contributed by atoms with E-state index in [-0.39, 0.29) is 11.6 Å². The van der Waals surface area contributed by atoms with Gasteiger partial charge in [-0.3, -0.25) is 9.82 Å². The maximum Gasteiger partial charge on any atom is 0.279 e. The first-order valence-corrected chi connectivity index (χ1v) is 6.42. The van der Waals surface area contributed by atoms with Gasteiger partial charge in [0.25, 0.3) is 10.0 Å². The molecule has 0 aliphatic carbocycles. The molecule has 90 valence electrons. The number of nitrogens with one attached hydrogen (secondary N) is 2. The van der Waals surface area contributed by atoms with Gasteiger partial charge in [-0.1, -0.05) is 18.2 Å². The maximum absolute atomic E-state index is 12.0.